The van der Waals surface area contributed by atoms with Crippen LogP contribution in [0.4, 0.5) is 0 Å². The van der Waals surface area contributed by atoms with Gasteiger partial charge in [0.2, 0.25) is 21.8 Å². The summed E-state index contributed by atoms with van der Waals surface area (Å²) in [5.41, 5.74) is 1.82. The maximum atomic E-state index is 13.8. The first kappa shape index (κ1) is 30.8. The SMILES string of the molecule is CN(CCCC(=O)N(Cc1ccc(Cl)cc1)[C@H](Cc1ccccc1)C(=O)NC1CCCC1)S(=O)(=O)c1ccccc1. The Balaban J connectivity index is 1.53. The Morgan fingerprint density at radius 3 is 2.15 bits per heavy atom. The number of amides is 2. The number of carbonyl (C=O) groups excluding carboxylic acids is 2. The van der Waals surface area contributed by atoms with Crippen molar-refractivity contribution in [3.8, 4) is 0 Å². The second-order valence-corrected chi connectivity index (χ2v) is 13.1. The van der Waals surface area contributed by atoms with Crippen LogP contribution in [-0.4, -0.2) is 55.1 Å². The number of carbonyl (C=O) groups is 2. The van der Waals surface area contributed by atoms with Crippen LogP contribution in [0, 0.1) is 0 Å². The van der Waals surface area contributed by atoms with Crippen molar-refractivity contribution >= 4 is 33.4 Å². The van der Waals surface area contributed by atoms with Crippen LogP contribution >= 0.6 is 11.6 Å². The standard InChI is InChI=1S/C32H38ClN3O4S/c1-35(41(39,40)29-15-6-3-7-16-29)22-10-17-31(37)36(24-26-18-20-27(33)21-19-26)30(23-25-11-4-2-5-12-25)32(38)34-28-13-8-9-14-28/h2-7,11-12,15-16,18-21,28,30H,8-10,13-14,17,22-24H2,1H3,(H,34,38)/t30-/m1/s1. The Morgan fingerprint density at radius 2 is 1.51 bits per heavy atom. The largest absolute Gasteiger partial charge is 0.352 e. The quantitative estimate of drug-likeness (QED) is 0.285. The highest BCUT2D eigenvalue weighted by molar-refractivity contribution is 7.89. The molecule has 3 aromatic rings. The second kappa shape index (κ2) is 14.6. The van der Waals surface area contributed by atoms with Gasteiger partial charge in [-0.05, 0) is 54.7 Å². The molecule has 0 saturated heterocycles. The number of benzene rings is 3. The van der Waals surface area contributed by atoms with Gasteiger partial charge in [0.25, 0.3) is 0 Å². The average molecular weight is 596 g/mol. The molecule has 1 aliphatic carbocycles. The maximum Gasteiger partial charge on any atom is 0.243 e. The topological polar surface area (TPSA) is 86.8 Å². The van der Waals surface area contributed by atoms with Crippen LogP contribution in [-0.2, 0) is 32.6 Å². The van der Waals surface area contributed by atoms with Gasteiger partial charge in [0.1, 0.15) is 6.04 Å². The summed E-state index contributed by atoms with van der Waals surface area (Å²) in [4.78, 5) is 29.4. The summed E-state index contributed by atoms with van der Waals surface area (Å²) in [6.07, 6.45) is 4.85. The van der Waals surface area contributed by atoms with Crippen LogP contribution in [0.3, 0.4) is 0 Å². The lowest BCUT2D eigenvalue weighted by Crippen LogP contribution is -2.52. The van der Waals surface area contributed by atoms with E-state index in [1.165, 1.54) is 11.4 Å². The first-order valence-corrected chi connectivity index (χ1v) is 16.0. The van der Waals surface area contributed by atoms with Crippen LogP contribution in [0.5, 0.6) is 0 Å². The van der Waals surface area contributed by atoms with Crippen molar-refractivity contribution in [3.63, 3.8) is 0 Å². The van der Waals surface area contributed by atoms with Crippen LogP contribution < -0.4 is 5.32 Å². The van der Waals surface area contributed by atoms with Gasteiger partial charge in [-0.15, -0.1) is 0 Å². The third kappa shape index (κ3) is 8.64. The molecule has 1 saturated carbocycles. The van der Waals surface area contributed by atoms with Crippen LogP contribution in [0.25, 0.3) is 0 Å². The third-order valence-electron chi connectivity index (χ3n) is 7.55. The number of halogens is 1. The van der Waals surface area contributed by atoms with E-state index in [1.807, 2.05) is 42.5 Å². The molecule has 1 N–H and O–H groups in total. The van der Waals surface area contributed by atoms with Gasteiger partial charge in [0.15, 0.2) is 0 Å². The normalized spacial score (nSPS) is 14.6. The summed E-state index contributed by atoms with van der Waals surface area (Å²) >= 11 is 6.11. The molecule has 2 amide bonds. The van der Waals surface area contributed by atoms with Crippen molar-refractivity contribution in [1.29, 1.82) is 0 Å². The van der Waals surface area contributed by atoms with E-state index in [9.17, 15) is 18.0 Å². The molecule has 41 heavy (non-hydrogen) atoms. The van der Waals surface area contributed by atoms with Gasteiger partial charge in [0, 0.05) is 44.0 Å². The summed E-state index contributed by atoms with van der Waals surface area (Å²) in [6.45, 7) is 0.416. The molecule has 0 aromatic heterocycles. The molecule has 0 heterocycles. The van der Waals surface area contributed by atoms with E-state index in [0.717, 1.165) is 36.8 Å². The maximum absolute atomic E-state index is 13.8. The van der Waals surface area contributed by atoms with Crippen molar-refractivity contribution in [2.45, 2.75) is 68.5 Å². The van der Waals surface area contributed by atoms with Crippen LogP contribution in [0.15, 0.2) is 89.8 Å². The Labute approximate surface area is 248 Å². The monoisotopic (exact) mass is 595 g/mol. The van der Waals surface area contributed by atoms with E-state index in [0.29, 0.717) is 17.9 Å². The summed E-state index contributed by atoms with van der Waals surface area (Å²) in [7, 11) is -2.14. The zero-order valence-corrected chi connectivity index (χ0v) is 25.0. The molecule has 218 valence electrons. The van der Waals surface area contributed by atoms with Gasteiger partial charge in [-0.3, -0.25) is 9.59 Å². The van der Waals surface area contributed by atoms with Gasteiger partial charge >= 0.3 is 0 Å². The fourth-order valence-electron chi connectivity index (χ4n) is 5.20. The first-order chi connectivity index (χ1) is 19.7. The minimum absolute atomic E-state index is 0.101. The molecule has 1 aliphatic rings. The predicted molar refractivity (Wildman–Crippen MR) is 162 cm³/mol. The molecule has 0 bridgehead atoms. The summed E-state index contributed by atoms with van der Waals surface area (Å²) in [6, 6.07) is 24.6. The highest BCUT2D eigenvalue weighted by Gasteiger charge is 2.32. The molecule has 3 aromatic carbocycles. The van der Waals surface area contributed by atoms with Crippen molar-refractivity contribution in [3.05, 3.63) is 101 Å². The lowest BCUT2D eigenvalue weighted by molar-refractivity contribution is -0.141. The Hall–Kier alpha value is -3.20. The molecule has 0 aliphatic heterocycles. The number of rotatable bonds is 13. The number of nitrogens with zero attached hydrogens (tertiary/aromatic N) is 2. The molecular weight excluding hydrogens is 558 g/mol. The summed E-state index contributed by atoms with van der Waals surface area (Å²) in [5.74, 6) is -0.361. The third-order valence-corrected chi connectivity index (χ3v) is 9.68. The Morgan fingerprint density at radius 1 is 0.902 bits per heavy atom. The second-order valence-electron chi connectivity index (χ2n) is 10.6. The Bertz CT molecular complexity index is 1380. The van der Waals surface area contributed by atoms with E-state index in [2.05, 4.69) is 5.32 Å². The minimum atomic E-state index is -3.66. The summed E-state index contributed by atoms with van der Waals surface area (Å²) in [5, 5.41) is 3.79. The Kier molecular flexibility index (Phi) is 11.0. The van der Waals surface area contributed by atoms with Crippen molar-refractivity contribution in [2.75, 3.05) is 13.6 Å². The lowest BCUT2D eigenvalue weighted by Gasteiger charge is -2.32. The average Bonchev–Trinajstić information content (AvgIpc) is 3.49. The van der Waals surface area contributed by atoms with Gasteiger partial charge in [0.05, 0.1) is 4.90 Å². The van der Waals surface area contributed by atoms with Crippen molar-refractivity contribution in [1.82, 2.24) is 14.5 Å². The zero-order chi connectivity index (χ0) is 29.2. The van der Waals surface area contributed by atoms with Crippen molar-refractivity contribution in [2.24, 2.45) is 0 Å². The molecular formula is C32H38ClN3O4S. The summed E-state index contributed by atoms with van der Waals surface area (Å²) < 4.78 is 27.2. The van der Waals surface area contributed by atoms with Gasteiger partial charge in [-0.2, -0.15) is 0 Å². The van der Waals surface area contributed by atoms with Crippen molar-refractivity contribution < 1.29 is 18.0 Å². The molecule has 0 spiro atoms. The molecule has 7 nitrogen and oxygen atoms in total. The molecule has 0 unspecified atom stereocenters. The predicted octanol–water partition coefficient (Wildman–Crippen LogP) is 5.44. The first-order valence-electron chi connectivity index (χ1n) is 14.1. The number of nitrogens with one attached hydrogen (secondary N) is 1. The fourth-order valence-corrected chi connectivity index (χ4v) is 6.55. The minimum Gasteiger partial charge on any atom is -0.352 e. The smallest absolute Gasteiger partial charge is 0.243 e. The van der Waals surface area contributed by atoms with Crippen LogP contribution in [0.1, 0.15) is 49.7 Å². The lowest BCUT2D eigenvalue weighted by atomic mass is 10.0. The highest BCUT2D eigenvalue weighted by atomic mass is 35.5. The molecule has 4 rings (SSSR count). The molecule has 0 radical (unpaired) electrons. The van der Waals surface area contributed by atoms with E-state index in [-0.39, 0.29) is 42.3 Å². The van der Waals surface area contributed by atoms with E-state index in [1.54, 1.807) is 47.4 Å². The molecule has 9 heteroatoms. The number of sulfonamides is 1. The van der Waals surface area contributed by atoms with Gasteiger partial charge in [-0.25, -0.2) is 12.7 Å². The number of hydrogen-bond donors (Lipinski definition) is 1. The van der Waals surface area contributed by atoms with E-state index < -0.39 is 16.1 Å². The molecule has 1 atom stereocenters. The van der Waals surface area contributed by atoms with Gasteiger partial charge < -0.3 is 10.2 Å². The van der Waals surface area contributed by atoms with Crippen LogP contribution in [0.2, 0.25) is 5.02 Å². The zero-order valence-electron chi connectivity index (χ0n) is 23.4. The van der Waals surface area contributed by atoms with Gasteiger partial charge in [-0.1, -0.05) is 85.1 Å². The highest BCUT2D eigenvalue weighted by Crippen LogP contribution is 2.22. The van der Waals surface area contributed by atoms with E-state index >= 15 is 0 Å². The van der Waals surface area contributed by atoms with E-state index in [4.69, 9.17) is 11.6 Å². The fraction of sp³-hybridized carbons (Fsp3) is 0.375. The molecule has 1 fully saturated rings. The number of hydrogen-bond acceptors (Lipinski definition) is 4.